The van der Waals surface area contributed by atoms with Gasteiger partial charge in [-0.2, -0.15) is 0 Å². The number of rotatable bonds is 12. The first-order chi connectivity index (χ1) is 18.5. The molecule has 226 valence electrons. The van der Waals surface area contributed by atoms with Gasteiger partial charge < -0.3 is 64.5 Å². The summed E-state index contributed by atoms with van der Waals surface area (Å²) < 4.78 is 29.0. The first kappa shape index (κ1) is 32.0. The second-order valence-electron chi connectivity index (χ2n) is 10.2. The molecular weight excluding hydrogens is 528 g/mol. The van der Waals surface area contributed by atoms with E-state index >= 15 is 0 Å². The molecule has 0 aromatic carbocycles. The lowest BCUT2D eigenvalue weighted by molar-refractivity contribution is -0.344. The van der Waals surface area contributed by atoms with Crippen LogP contribution in [0.25, 0.3) is 0 Å². The van der Waals surface area contributed by atoms with Gasteiger partial charge in [0.25, 0.3) is 0 Å². The van der Waals surface area contributed by atoms with Crippen LogP contribution in [0.15, 0.2) is 0 Å². The summed E-state index contributed by atoms with van der Waals surface area (Å²) in [5, 5.41) is 79.1. The molecule has 0 radical (unpaired) electrons. The highest BCUT2D eigenvalue weighted by Crippen LogP contribution is 2.33. The van der Waals surface area contributed by atoms with Crippen LogP contribution in [0.2, 0.25) is 0 Å². The minimum Gasteiger partial charge on any atom is -0.481 e. The average molecular weight is 569 g/mol. The van der Waals surface area contributed by atoms with Crippen molar-refractivity contribution >= 4 is 11.9 Å². The summed E-state index contributed by atoms with van der Waals surface area (Å²) >= 11 is 0. The van der Waals surface area contributed by atoms with Crippen LogP contribution in [-0.2, 0) is 33.3 Å². The Kier molecular flexibility index (Phi) is 11.8. The van der Waals surface area contributed by atoms with Crippen molar-refractivity contribution < 1.29 is 74.1 Å². The van der Waals surface area contributed by atoms with Crippen LogP contribution >= 0.6 is 0 Å². The van der Waals surface area contributed by atoms with Crippen molar-refractivity contribution in [3.05, 3.63) is 0 Å². The molecule has 15 nitrogen and oxygen atoms in total. The van der Waals surface area contributed by atoms with E-state index in [0.29, 0.717) is 12.8 Å². The molecule has 12 atom stereocenters. The molecule has 3 aliphatic rings. The van der Waals surface area contributed by atoms with Gasteiger partial charge in [-0.15, -0.1) is 0 Å². The first-order valence-corrected chi connectivity index (χ1v) is 13.2. The summed E-state index contributed by atoms with van der Waals surface area (Å²) in [7, 11) is 0. The summed E-state index contributed by atoms with van der Waals surface area (Å²) in [4.78, 5) is 22.2. The number of aliphatic hydroxyl groups is 6. The number of hydrogen-bond acceptors (Lipinski definition) is 13. The highest BCUT2D eigenvalue weighted by atomic mass is 16.7. The van der Waals surface area contributed by atoms with Gasteiger partial charge in [0.2, 0.25) is 0 Å². The molecule has 1 aliphatic carbocycles. The number of ether oxygens (including phenoxy) is 5. The number of aliphatic carboxylic acids is 2. The molecule has 39 heavy (non-hydrogen) atoms. The van der Waals surface area contributed by atoms with Crippen LogP contribution < -0.4 is 0 Å². The molecule has 0 aromatic heterocycles. The lowest BCUT2D eigenvalue weighted by atomic mass is 9.93. The Morgan fingerprint density at radius 3 is 1.97 bits per heavy atom. The van der Waals surface area contributed by atoms with Gasteiger partial charge in [0.05, 0.1) is 24.9 Å². The smallest absolute Gasteiger partial charge is 0.317 e. The fourth-order valence-electron chi connectivity index (χ4n) is 5.05. The van der Waals surface area contributed by atoms with Gasteiger partial charge in [0.15, 0.2) is 18.5 Å². The summed E-state index contributed by atoms with van der Waals surface area (Å²) in [5.74, 6) is -4.60. The molecule has 0 spiro atoms. The van der Waals surface area contributed by atoms with Crippen LogP contribution in [0, 0.1) is 5.92 Å². The van der Waals surface area contributed by atoms with E-state index in [2.05, 4.69) is 0 Å². The molecule has 8 N–H and O–H groups in total. The molecule has 3 fully saturated rings. The molecule has 15 heteroatoms. The van der Waals surface area contributed by atoms with E-state index in [1.165, 1.54) is 6.92 Å². The SMILES string of the molecule is C[C@@H]1O[C@@H](O[C@@H]2CCCCC2O[C@@H]2O[C@H](CO)[C@H](O)[C@H](O)[C@H]2OCCCC(C(=O)O)C(=O)O)[C@@H](O)[C@H](O)[C@@H]1O. The summed E-state index contributed by atoms with van der Waals surface area (Å²) in [6.07, 6.45) is -12.3. The molecule has 1 saturated carbocycles. The van der Waals surface area contributed by atoms with E-state index in [0.717, 1.165) is 12.8 Å². The average Bonchev–Trinajstić information content (AvgIpc) is 2.89. The zero-order chi connectivity index (χ0) is 28.9. The van der Waals surface area contributed by atoms with Crippen molar-refractivity contribution in [3.63, 3.8) is 0 Å². The first-order valence-electron chi connectivity index (χ1n) is 13.2. The van der Waals surface area contributed by atoms with E-state index in [1.807, 2.05) is 0 Å². The maximum Gasteiger partial charge on any atom is 0.317 e. The predicted molar refractivity (Wildman–Crippen MR) is 126 cm³/mol. The number of hydrogen-bond donors (Lipinski definition) is 8. The van der Waals surface area contributed by atoms with E-state index in [9.17, 15) is 40.2 Å². The van der Waals surface area contributed by atoms with Crippen LogP contribution in [0.3, 0.4) is 0 Å². The van der Waals surface area contributed by atoms with Crippen molar-refractivity contribution in [2.24, 2.45) is 5.92 Å². The van der Waals surface area contributed by atoms with Gasteiger partial charge in [0, 0.05) is 6.61 Å². The molecule has 0 amide bonds. The minimum absolute atomic E-state index is 0.0111. The third-order valence-electron chi connectivity index (χ3n) is 7.44. The fraction of sp³-hybridized carbons (Fsp3) is 0.917. The van der Waals surface area contributed by atoms with E-state index in [1.54, 1.807) is 0 Å². The second-order valence-corrected chi connectivity index (χ2v) is 10.2. The van der Waals surface area contributed by atoms with Crippen LogP contribution in [0.5, 0.6) is 0 Å². The van der Waals surface area contributed by atoms with Crippen molar-refractivity contribution in [2.75, 3.05) is 13.2 Å². The largest absolute Gasteiger partial charge is 0.481 e. The zero-order valence-corrected chi connectivity index (χ0v) is 21.6. The number of aliphatic hydroxyl groups excluding tert-OH is 6. The molecule has 2 heterocycles. The summed E-state index contributed by atoms with van der Waals surface area (Å²) in [6.45, 7) is 0.720. The maximum absolute atomic E-state index is 11.1. The van der Waals surface area contributed by atoms with Crippen LogP contribution in [0.4, 0.5) is 0 Å². The molecule has 2 saturated heterocycles. The number of carbonyl (C=O) groups is 2. The topological polar surface area (TPSA) is 242 Å². The third-order valence-corrected chi connectivity index (χ3v) is 7.44. The standard InChI is InChI=1S/C24H40O15/c1-10-15(26)17(28)19(30)23(36-10)37-12-6-2-3-7-13(12)38-24-20(18(29)16(27)14(9-25)39-24)35-8-4-5-11(21(31)32)22(33)34/h10-20,23-30H,2-9H2,1H3,(H,31,32)(H,33,34)/t10-,12+,13?,14+,15+,16-,17+,18-,19-,20+,23-,24+/m0/s1. The normalized spacial score (nSPS) is 41.4. The van der Waals surface area contributed by atoms with E-state index in [-0.39, 0.29) is 19.4 Å². The Labute approximate surface area is 224 Å². The second kappa shape index (κ2) is 14.4. The molecule has 0 aromatic rings. The highest BCUT2D eigenvalue weighted by Gasteiger charge is 2.48. The van der Waals surface area contributed by atoms with E-state index in [4.69, 9.17) is 33.9 Å². The molecular formula is C24H40O15. The third kappa shape index (κ3) is 7.83. The minimum atomic E-state index is -1.63. The number of carboxylic acid groups (broad SMARTS) is 2. The molecule has 3 rings (SSSR count). The Bertz CT molecular complexity index is 783. The lowest BCUT2D eigenvalue weighted by Crippen LogP contribution is -2.61. The summed E-state index contributed by atoms with van der Waals surface area (Å²) in [5.41, 5.74) is 0. The van der Waals surface area contributed by atoms with Gasteiger partial charge in [-0.05, 0) is 32.6 Å². The Morgan fingerprint density at radius 2 is 1.41 bits per heavy atom. The van der Waals surface area contributed by atoms with Crippen molar-refractivity contribution in [2.45, 2.75) is 119 Å². The van der Waals surface area contributed by atoms with Crippen LogP contribution in [-0.4, -0.2) is 140 Å². The monoisotopic (exact) mass is 568 g/mol. The molecule has 1 unspecified atom stereocenters. The zero-order valence-electron chi connectivity index (χ0n) is 21.6. The highest BCUT2D eigenvalue weighted by molar-refractivity contribution is 5.92. The van der Waals surface area contributed by atoms with Crippen LogP contribution in [0.1, 0.15) is 45.4 Å². The Hall–Kier alpha value is -1.50. The van der Waals surface area contributed by atoms with Crippen molar-refractivity contribution in [1.29, 1.82) is 0 Å². The van der Waals surface area contributed by atoms with Gasteiger partial charge >= 0.3 is 11.9 Å². The molecule has 0 bridgehead atoms. The predicted octanol–water partition coefficient (Wildman–Crippen LogP) is -2.45. The Balaban J connectivity index is 1.67. The van der Waals surface area contributed by atoms with Crippen molar-refractivity contribution in [3.8, 4) is 0 Å². The quantitative estimate of drug-likeness (QED) is 0.0900. The van der Waals surface area contributed by atoms with Gasteiger partial charge in [0.1, 0.15) is 42.7 Å². The van der Waals surface area contributed by atoms with E-state index < -0.39 is 98.1 Å². The summed E-state index contributed by atoms with van der Waals surface area (Å²) in [6, 6.07) is 0. The Morgan fingerprint density at radius 1 is 0.821 bits per heavy atom. The van der Waals surface area contributed by atoms with Crippen molar-refractivity contribution in [1.82, 2.24) is 0 Å². The fourth-order valence-corrected chi connectivity index (χ4v) is 5.05. The van der Waals surface area contributed by atoms with Gasteiger partial charge in [-0.3, -0.25) is 9.59 Å². The molecule has 2 aliphatic heterocycles. The van der Waals surface area contributed by atoms with Gasteiger partial charge in [-0.1, -0.05) is 12.8 Å². The maximum atomic E-state index is 11.1. The van der Waals surface area contributed by atoms with Gasteiger partial charge in [-0.25, -0.2) is 0 Å². The number of carboxylic acids is 2. The lowest BCUT2D eigenvalue weighted by Gasteiger charge is -2.45.